The van der Waals surface area contributed by atoms with Crippen molar-refractivity contribution in [2.24, 2.45) is 0 Å². The van der Waals surface area contributed by atoms with E-state index in [0.29, 0.717) is 30.8 Å². The van der Waals surface area contributed by atoms with E-state index in [0.717, 1.165) is 12.8 Å². The molecule has 7 nitrogen and oxygen atoms in total. The standard InChI is InChI=1S/C20H23N3O4/c1-2-10-21-18(24)14-6-3-7-15(13-14)22-19(25)16-8-4-11-23(16)20(26)17-9-5-12-27-17/h3,5-7,9,12-13,16H,2,4,8,10-11H2,1H3,(H,21,24)(H,22,25). The molecule has 0 bridgehead atoms. The Morgan fingerprint density at radius 2 is 2.07 bits per heavy atom. The molecule has 0 saturated carbocycles. The minimum absolute atomic E-state index is 0.177. The zero-order valence-electron chi connectivity index (χ0n) is 15.2. The SMILES string of the molecule is CCCNC(=O)c1cccc(NC(=O)C2CCCN2C(=O)c2ccco2)c1. The topological polar surface area (TPSA) is 91.7 Å². The number of carbonyl (C=O) groups is 3. The van der Waals surface area contributed by atoms with Crippen molar-refractivity contribution in [2.45, 2.75) is 32.2 Å². The summed E-state index contributed by atoms with van der Waals surface area (Å²) in [5.41, 5.74) is 1.01. The molecule has 0 spiro atoms. The molecule has 2 heterocycles. The molecule has 2 N–H and O–H groups in total. The lowest BCUT2D eigenvalue weighted by molar-refractivity contribution is -0.119. The Bertz CT molecular complexity index is 816. The predicted molar refractivity (Wildman–Crippen MR) is 100 cm³/mol. The molecule has 3 amide bonds. The molecule has 0 aliphatic carbocycles. The van der Waals surface area contributed by atoms with Gasteiger partial charge in [0.1, 0.15) is 6.04 Å². The van der Waals surface area contributed by atoms with Crippen LogP contribution in [0.2, 0.25) is 0 Å². The molecule has 142 valence electrons. The van der Waals surface area contributed by atoms with Gasteiger partial charge in [0.05, 0.1) is 6.26 Å². The minimum atomic E-state index is -0.555. The summed E-state index contributed by atoms with van der Waals surface area (Å²) in [7, 11) is 0. The second-order valence-corrected chi connectivity index (χ2v) is 6.46. The number of nitrogens with zero attached hydrogens (tertiary/aromatic N) is 1. The lowest BCUT2D eigenvalue weighted by Gasteiger charge is -2.23. The van der Waals surface area contributed by atoms with Crippen molar-refractivity contribution in [3.05, 3.63) is 54.0 Å². The number of likely N-dealkylation sites (tertiary alicyclic amines) is 1. The fourth-order valence-corrected chi connectivity index (χ4v) is 3.13. The molecule has 1 aliphatic rings. The third-order valence-corrected chi connectivity index (χ3v) is 4.48. The summed E-state index contributed by atoms with van der Waals surface area (Å²) in [6.45, 7) is 3.09. The van der Waals surface area contributed by atoms with E-state index in [9.17, 15) is 14.4 Å². The van der Waals surface area contributed by atoms with Gasteiger partial charge in [-0.25, -0.2) is 0 Å². The highest BCUT2D eigenvalue weighted by Gasteiger charge is 2.35. The number of amides is 3. The van der Waals surface area contributed by atoms with Gasteiger partial charge in [0, 0.05) is 24.3 Å². The van der Waals surface area contributed by atoms with Crippen LogP contribution in [0.1, 0.15) is 47.1 Å². The van der Waals surface area contributed by atoms with Gasteiger partial charge < -0.3 is 20.0 Å². The first-order valence-corrected chi connectivity index (χ1v) is 9.13. The van der Waals surface area contributed by atoms with E-state index in [4.69, 9.17) is 4.42 Å². The van der Waals surface area contributed by atoms with Crippen LogP contribution < -0.4 is 10.6 Å². The van der Waals surface area contributed by atoms with E-state index in [1.54, 1.807) is 36.4 Å². The molecule has 0 radical (unpaired) electrons. The van der Waals surface area contributed by atoms with Gasteiger partial charge >= 0.3 is 0 Å². The van der Waals surface area contributed by atoms with E-state index in [1.165, 1.54) is 11.2 Å². The van der Waals surface area contributed by atoms with E-state index >= 15 is 0 Å². The fourth-order valence-electron chi connectivity index (χ4n) is 3.13. The minimum Gasteiger partial charge on any atom is -0.459 e. The zero-order chi connectivity index (χ0) is 19.2. The van der Waals surface area contributed by atoms with Crippen molar-refractivity contribution in [2.75, 3.05) is 18.4 Å². The molecule has 1 atom stereocenters. The Hall–Kier alpha value is -3.09. The Morgan fingerprint density at radius 1 is 1.22 bits per heavy atom. The number of anilines is 1. The van der Waals surface area contributed by atoms with Gasteiger partial charge in [0.15, 0.2) is 5.76 Å². The monoisotopic (exact) mass is 369 g/mol. The molecular formula is C20H23N3O4. The molecule has 7 heteroatoms. The molecule has 1 fully saturated rings. The molecule has 2 aromatic rings. The van der Waals surface area contributed by atoms with Crippen LogP contribution in [0.25, 0.3) is 0 Å². The maximum atomic E-state index is 12.7. The Kier molecular flexibility index (Phi) is 5.90. The number of nitrogens with one attached hydrogen (secondary N) is 2. The lowest BCUT2D eigenvalue weighted by Crippen LogP contribution is -2.43. The van der Waals surface area contributed by atoms with E-state index in [-0.39, 0.29) is 23.5 Å². The van der Waals surface area contributed by atoms with Gasteiger partial charge in [0.25, 0.3) is 11.8 Å². The average molecular weight is 369 g/mol. The molecule has 1 unspecified atom stereocenters. The van der Waals surface area contributed by atoms with Crippen molar-refractivity contribution in [3.8, 4) is 0 Å². The van der Waals surface area contributed by atoms with Crippen LogP contribution in [-0.4, -0.2) is 41.8 Å². The highest BCUT2D eigenvalue weighted by molar-refractivity contribution is 6.01. The normalized spacial score (nSPS) is 16.2. The van der Waals surface area contributed by atoms with Gasteiger partial charge in [-0.1, -0.05) is 13.0 Å². The maximum Gasteiger partial charge on any atom is 0.290 e. The molecule has 1 aromatic carbocycles. The highest BCUT2D eigenvalue weighted by Crippen LogP contribution is 2.22. The summed E-state index contributed by atoms with van der Waals surface area (Å²) >= 11 is 0. The second kappa shape index (κ2) is 8.53. The number of rotatable bonds is 6. The van der Waals surface area contributed by atoms with Crippen LogP contribution in [0.3, 0.4) is 0 Å². The van der Waals surface area contributed by atoms with Crippen LogP contribution in [0, 0.1) is 0 Å². The van der Waals surface area contributed by atoms with Crippen molar-refractivity contribution < 1.29 is 18.8 Å². The lowest BCUT2D eigenvalue weighted by atomic mass is 10.1. The van der Waals surface area contributed by atoms with Crippen molar-refractivity contribution in [1.29, 1.82) is 0 Å². The van der Waals surface area contributed by atoms with Crippen LogP contribution >= 0.6 is 0 Å². The van der Waals surface area contributed by atoms with Crippen LogP contribution in [0.15, 0.2) is 47.1 Å². The van der Waals surface area contributed by atoms with Crippen LogP contribution in [-0.2, 0) is 4.79 Å². The first kappa shape index (κ1) is 18.7. The van der Waals surface area contributed by atoms with Crippen molar-refractivity contribution in [1.82, 2.24) is 10.2 Å². The molecule has 1 aromatic heterocycles. The van der Waals surface area contributed by atoms with Crippen LogP contribution in [0.5, 0.6) is 0 Å². The van der Waals surface area contributed by atoms with Crippen molar-refractivity contribution >= 4 is 23.4 Å². The van der Waals surface area contributed by atoms with Gasteiger partial charge in [-0.15, -0.1) is 0 Å². The van der Waals surface area contributed by atoms with Gasteiger partial charge in [0.2, 0.25) is 5.91 Å². The molecule has 1 aliphatic heterocycles. The number of hydrogen-bond acceptors (Lipinski definition) is 4. The summed E-state index contributed by atoms with van der Waals surface area (Å²) in [5.74, 6) is -0.503. The van der Waals surface area contributed by atoms with Gasteiger partial charge in [-0.05, 0) is 49.6 Å². The maximum absolute atomic E-state index is 12.7. The Morgan fingerprint density at radius 3 is 2.81 bits per heavy atom. The summed E-state index contributed by atoms with van der Waals surface area (Å²) in [4.78, 5) is 38.9. The summed E-state index contributed by atoms with van der Waals surface area (Å²) in [6, 6.07) is 9.46. The van der Waals surface area contributed by atoms with Crippen LogP contribution in [0.4, 0.5) is 5.69 Å². The number of hydrogen-bond donors (Lipinski definition) is 2. The number of furan rings is 1. The first-order valence-electron chi connectivity index (χ1n) is 9.13. The van der Waals surface area contributed by atoms with Gasteiger partial charge in [-0.2, -0.15) is 0 Å². The number of carbonyl (C=O) groups excluding carboxylic acids is 3. The zero-order valence-corrected chi connectivity index (χ0v) is 15.2. The predicted octanol–water partition coefficient (Wildman–Crippen LogP) is 2.66. The average Bonchev–Trinajstić information content (AvgIpc) is 3.37. The second-order valence-electron chi connectivity index (χ2n) is 6.46. The summed E-state index contributed by atoms with van der Waals surface area (Å²) in [5, 5.41) is 5.63. The highest BCUT2D eigenvalue weighted by atomic mass is 16.3. The van der Waals surface area contributed by atoms with E-state index in [2.05, 4.69) is 10.6 Å². The molecule has 3 rings (SSSR count). The fraction of sp³-hybridized carbons (Fsp3) is 0.350. The van der Waals surface area contributed by atoms with E-state index in [1.807, 2.05) is 6.92 Å². The summed E-state index contributed by atoms with van der Waals surface area (Å²) < 4.78 is 5.16. The third kappa shape index (κ3) is 4.36. The third-order valence-electron chi connectivity index (χ3n) is 4.48. The Balaban J connectivity index is 1.67. The largest absolute Gasteiger partial charge is 0.459 e. The first-order chi connectivity index (χ1) is 13.1. The quantitative estimate of drug-likeness (QED) is 0.819. The molecule has 1 saturated heterocycles. The van der Waals surface area contributed by atoms with Gasteiger partial charge in [-0.3, -0.25) is 14.4 Å². The smallest absolute Gasteiger partial charge is 0.290 e. The number of benzene rings is 1. The Labute approximate surface area is 157 Å². The van der Waals surface area contributed by atoms with E-state index < -0.39 is 6.04 Å². The molecule has 27 heavy (non-hydrogen) atoms. The molecular weight excluding hydrogens is 346 g/mol. The van der Waals surface area contributed by atoms with Crippen molar-refractivity contribution in [3.63, 3.8) is 0 Å². The summed E-state index contributed by atoms with van der Waals surface area (Å²) in [6.07, 6.45) is 3.63.